The summed E-state index contributed by atoms with van der Waals surface area (Å²) < 4.78 is 1.15. The first-order chi connectivity index (χ1) is 12.7. The summed E-state index contributed by atoms with van der Waals surface area (Å²) in [5.41, 5.74) is 8.67. The third-order valence-electron chi connectivity index (χ3n) is 4.69. The minimum Gasteiger partial charge on any atom is -0.0622 e. The lowest BCUT2D eigenvalue weighted by Gasteiger charge is -2.09. The summed E-state index contributed by atoms with van der Waals surface area (Å²) in [4.78, 5) is 0. The number of benzene rings is 4. The predicted molar refractivity (Wildman–Crippen MR) is 115 cm³/mol. The average Bonchev–Trinajstić information content (AvgIpc) is 2.71. The van der Waals surface area contributed by atoms with Gasteiger partial charge < -0.3 is 0 Å². The van der Waals surface area contributed by atoms with Crippen molar-refractivity contribution in [2.75, 3.05) is 0 Å². The third-order valence-corrected chi connectivity index (χ3v) is 5.55. The van der Waals surface area contributed by atoms with Crippen LogP contribution in [0.4, 0.5) is 0 Å². The average molecular weight is 399 g/mol. The maximum atomic E-state index is 3.64. The molecular formula is C25H19Br. The van der Waals surface area contributed by atoms with E-state index in [9.17, 15) is 0 Å². The van der Waals surface area contributed by atoms with Crippen LogP contribution in [-0.2, 0) is 0 Å². The van der Waals surface area contributed by atoms with E-state index in [0.717, 1.165) is 4.47 Å². The molecule has 4 aromatic carbocycles. The van der Waals surface area contributed by atoms with Crippen LogP contribution in [-0.4, -0.2) is 0 Å². The Morgan fingerprint density at radius 3 is 1.58 bits per heavy atom. The summed E-state index contributed by atoms with van der Waals surface area (Å²) in [7, 11) is 0. The summed E-state index contributed by atoms with van der Waals surface area (Å²) in [6.07, 6.45) is 0. The van der Waals surface area contributed by atoms with Crippen molar-refractivity contribution in [1.29, 1.82) is 0 Å². The maximum Gasteiger partial charge on any atom is 0.0210 e. The van der Waals surface area contributed by atoms with Gasteiger partial charge in [0, 0.05) is 4.47 Å². The summed E-state index contributed by atoms with van der Waals surface area (Å²) in [6, 6.07) is 34.5. The Hall–Kier alpha value is -2.64. The molecule has 0 bridgehead atoms. The smallest absolute Gasteiger partial charge is 0.0210 e. The first kappa shape index (κ1) is 16.8. The number of aryl methyl sites for hydroxylation is 1. The van der Waals surface area contributed by atoms with Gasteiger partial charge in [-0.15, -0.1) is 0 Å². The fraction of sp³-hybridized carbons (Fsp3) is 0.0400. The molecule has 0 saturated carbocycles. The summed E-state index contributed by atoms with van der Waals surface area (Å²) in [5, 5.41) is 0. The monoisotopic (exact) mass is 398 g/mol. The molecule has 0 radical (unpaired) electrons. The minimum atomic E-state index is 1.15. The van der Waals surface area contributed by atoms with Gasteiger partial charge >= 0.3 is 0 Å². The molecule has 0 N–H and O–H groups in total. The second kappa shape index (κ2) is 7.31. The molecule has 0 fully saturated rings. The Balaban J connectivity index is 1.67. The van der Waals surface area contributed by atoms with Crippen LogP contribution in [0.15, 0.2) is 102 Å². The summed E-state index contributed by atoms with van der Waals surface area (Å²) >= 11 is 3.64. The van der Waals surface area contributed by atoms with Gasteiger partial charge in [0.05, 0.1) is 0 Å². The van der Waals surface area contributed by atoms with Gasteiger partial charge in [-0.2, -0.15) is 0 Å². The van der Waals surface area contributed by atoms with E-state index in [4.69, 9.17) is 0 Å². The van der Waals surface area contributed by atoms with Crippen LogP contribution in [0, 0.1) is 6.92 Å². The molecule has 0 saturated heterocycles. The van der Waals surface area contributed by atoms with E-state index < -0.39 is 0 Å². The highest BCUT2D eigenvalue weighted by atomic mass is 79.9. The van der Waals surface area contributed by atoms with E-state index in [-0.39, 0.29) is 0 Å². The topological polar surface area (TPSA) is 0 Å². The second-order valence-corrected chi connectivity index (χ2v) is 7.34. The van der Waals surface area contributed by atoms with Gasteiger partial charge in [-0.1, -0.05) is 101 Å². The molecule has 0 amide bonds. The number of halogens is 1. The van der Waals surface area contributed by atoms with Crippen molar-refractivity contribution in [2.24, 2.45) is 0 Å². The molecule has 4 rings (SSSR count). The largest absolute Gasteiger partial charge is 0.0622 e. The van der Waals surface area contributed by atoms with Crippen LogP contribution in [0.5, 0.6) is 0 Å². The van der Waals surface area contributed by atoms with Crippen molar-refractivity contribution in [1.82, 2.24) is 0 Å². The van der Waals surface area contributed by atoms with E-state index in [1.807, 2.05) is 6.07 Å². The maximum absolute atomic E-state index is 3.64. The van der Waals surface area contributed by atoms with Crippen molar-refractivity contribution in [3.05, 3.63) is 107 Å². The lowest BCUT2D eigenvalue weighted by Crippen LogP contribution is -1.84. The third kappa shape index (κ3) is 3.49. The predicted octanol–water partition coefficient (Wildman–Crippen LogP) is 7.76. The van der Waals surface area contributed by atoms with E-state index in [0.29, 0.717) is 0 Å². The molecule has 0 aliphatic carbocycles. The van der Waals surface area contributed by atoms with Crippen molar-refractivity contribution >= 4 is 15.9 Å². The molecule has 0 heterocycles. The van der Waals surface area contributed by atoms with Gasteiger partial charge in [-0.3, -0.25) is 0 Å². The standard InChI is InChI=1S/C25H19Br/c1-18-10-11-24(17-25(18)26)23-9-5-8-22(16-23)21-14-12-20(13-15-21)19-6-3-2-4-7-19/h2-17H,1H3. The highest BCUT2D eigenvalue weighted by Crippen LogP contribution is 2.30. The van der Waals surface area contributed by atoms with Gasteiger partial charge in [-0.05, 0) is 58.0 Å². The van der Waals surface area contributed by atoms with Crippen molar-refractivity contribution in [2.45, 2.75) is 6.92 Å². The van der Waals surface area contributed by atoms with Crippen LogP contribution in [0.25, 0.3) is 33.4 Å². The first-order valence-corrected chi connectivity index (χ1v) is 9.52. The summed E-state index contributed by atoms with van der Waals surface area (Å²) in [5.74, 6) is 0. The molecule has 26 heavy (non-hydrogen) atoms. The Morgan fingerprint density at radius 2 is 0.923 bits per heavy atom. The fourth-order valence-electron chi connectivity index (χ4n) is 3.14. The highest BCUT2D eigenvalue weighted by molar-refractivity contribution is 9.10. The van der Waals surface area contributed by atoms with E-state index >= 15 is 0 Å². The SMILES string of the molecule is Cc1ccc(-c2cccc(-c3ccc(-c4ccccc4)cc3)c2)cc1Br. The van der Waals surface area contributed by atoms with Crippen LogP contribution in [0.3, 0.4) is 0 Å². The Bertz CT molecular complexity index is 1030. The lowest BCUT2D eigenvalue weighted by atomic mass is 9.97. The normalized spacial score (nSPS) is 10.7. The second-order valence-electron chi connectivity index (χ2n) is 6.49. The van der Waals surface area contributed by atoms with Crippen molar-refractivity contribution in [3.63, 3.8) is 0 Å². The first-order valence-electron chi connectivity index (χ1n) is 8.73. The zero-order valence-electron chi connectivity index (χ0n) is 14.6. The highest BCUT2D eigenvalue weighted by Gasteiger charge is 2.04. The molecule has 0 aliphatic heterocycles. The Labute approximate surface area is 163 Å². The van der Waals surface area contributed by atoms with Gasteiger partial charge in [0.25, 0.3) is 0 Å². The Morgan fingerprint density at radius 1 is 0.462 bits per heavy atom. The van der Waals surface area contributed by atoms with Crippen LogP contribution in [0.2, 0.25) is 0 Å². The molecule has 0 nitrogen and oxygen atoms in total. The van der Waals surface area contributed by atoms with Crippen LogP contribution in [0.1, 0.15) is 5.56 Å². The van der Waals surface area contributed by atoms with Gasteiger partial charge in [0.1, 0.15) is 0 Å². The Kier molecular flexibility index (Phi) is 4.73. The van der Waals surface area contributed by atoms with Gasteiger partial charge in [-0.25, -0.2) is 0 Å². The molecule has 0 spiro atoms. The van der Waals surface area contributed by atoms with E-state index in [2.05, 4.69) is 114 Å². The molecule has 0 aromatic heterocycles. The number of hydrogen-bond donors (Lipinski definition) is 0. The zero-order chi connectivity index (χ0) is 17.9. The van der Waals surface area contributed by atoms with Gasteiger partial charge in [0.15, 0.2) is 0 Å². The van der Waals surface area contributed by atoms with Gasteiger partial charge in [0.2, 0.25) is 0 Å². The molecule has 4 aromatic rings. The molecule has 1 heteroatoms. The van der Waals surface area contributed by atoms with E-state index in [1.54, 1.807) is 0 Å². The molecule has 0 unspecified atom stereocenters. The number of hydrogen-bond acceptors (Lipinski definition) is 0. The zero-order valence-corrected chi connectivity index (χ0v) is 16.2. The number of rotatable bonds is 3. The summed E-state index contributed by atoms with van der Waals surface area (Å²) in [6.45, 7) is 2.11. The van der Waals surface area contributed by atoms with Crippen LogP contribution >= 0.6 is 15.9 Å². The molecular weight excluding hydrogens is 380 g/mol. The quantitative estimate of drug-likeness (QED) is 0.330. The van der Waals surface area contributed by atoms with Crippen molar-refractivity contribution in [3.8, 4) is 33.4 Å². The fourth-order valence-corrected chi connectivity index (χ4v) is 3.52. The lowest BCUT2D eigenvalue weighted by molar-refractivity contribution is 1.43. The molecule has 126 valence electrons. The van der Waals surface area contributed by atoms with E-state index in [1.165, 1.54) is 38.9 Å². The van der Waals surface area contributed by atoms with Crippen molar-refractivity contribution < 1.29 is 0 Å². The molecule has 0 atom stereocenters. The molecule has 0 aliphatic rings. The minimum absolute atomic E-state index is 1.15. The van der Waals surface area contributed by atoms with Crippen LogP contribution < -0.4 is 0 Å².